The molecule has 0 saturated carbocycles. The van der Waals surface area contributed by atoms with Gasteiger partial charge in [0.1, 0.15) is 0 Å². The van der Waals surface area contributed by atoms with Crippen LogP contribution in [0.2, 0.25) is 5.02 Å². The second-order valence-electron chi connectivity index (χ2n) is 2.08. The summed E-state index contributed by atoms with van der Waals surface area (Å²) < 4.78 is 0. The predicted molar refractivity (Wildman–Crippen MR) is 39.9 cm³/mol. The molecule has 0 spiro atoms. The lowest BCUT2D eigenvalue weighted by Crippen LogP contribution is -1.88. The van der Waals surface area contributed by atoms with E-state index in [9.17, 15) is 0 Å². The normalized spacial score (nSPS) is 9.90. The maximum atomic E-state index is 8.73. The first-order chi connectivity index (χ1) is 4.74. The van der Waals surface area contributed by atoms with Gasteiger partial charge < -0.3 is 5.11 Å². The highest BCUT2D eigenvalue weighted by Crippen LogP contribution is 2.14. The van der Waals surface area contributed by atoms with Gasteiger partial charge in [-0.2, -0.15) is 0 Å². The lowest BCUT2D eigenvalue weighted by molar-refractivity contribution is 0.281. The standard InChI is InChI=1S/C7H8ClNO/c1-5-2-6(4-10)7(8)3-9-5/h2-3,10H,4H2,1H3. The van der Waals surface area contributed by atoms with Gasteiger partial charge in [-0.3, -0.25) is 4.98 Å². The number of aliphatic hydroxyl groups excluding tert-OH is 1. The summed E-state index contributed by atoms with van der Waals surface area (Å²) in [5, 5.41) is 9.25. The van der Waals surface area contributed by atoms with Gasteiger partial charge in [0.05, 0.1) is 11.6 Å². The number of hydrogen-bond acceptors (Lipinski definition) is 2. The Hall–Kier alpha value is -0.600. The summed E-state index contributed by atoms with van der Waals surface area (Å²) in [5.41, 5.74) is 1.60. The molecular weight excluding hydrogens is 150 g/mol. The Labute approximate surface area is 64.5 Å². The number of nitrogens with zero attached hydrogens (tertiary/aromatic N) is 1. The van der Waals surface area contributed by atoms with Gasteiger partial charge in [-0.1, -0.05) is 11.6 Å². The van der Waals surface area contributed by atoms with Crippen LogP contribution < -0.4 is 0 Å². The molecule has 0 unspecified atom stereocenters. The molecule has 0 saturated heterocycles. The monoisotopic (exact) mass is 157 g/mol. The fourth-order valence-electron chi connectivity index (χ4n) is 0.721. The van der Waals surface area contributed by atoms with Crippen LogP contribution in [0.5, 0.6) is 0 Å². The molecule has 1 heterocycles. The maximum Gasteiger partial charge on any atom is 0.0697 e. The molecule has 1 N–H and O–H groups in total. The summed E-state index contributed by atoms with van der Waals surface area (Å²) in [6.45, 7) is 1.83. The molecule has 1 rings (SSSR count). The molecule has 0 fully saturated rings. The molecule has 0 aliphatic heterocycles. The fourth-order valence-corrected chi connectivity index (χ4v) is 0.884. The SMILES string of the molecule is Cc1cc(CO)c(Cl)cn1. The molecule has 0 atom stereocenters. The zero-order chi connectivity index (χ0) is 7.56. The lowest BCUT2D eigenvalue weighted by atomic mass is 10.2. The topological polar surface area (TPSA) is 33.1 Å². The van der Waals surface area contributed by atoms with E-state index in [2.05, 4.69) is 4.98 Å². The predicted octanol–water partition coefficient (Wildman–Crippen LogP) is 1.54. The molecular formula is C7H8ClNO. The van der Waals surface area contributed by atoms with E-state index in [1.165, 1.54) is 0 Å². The first-order valence-corrected chi connectivity index (χ1v) is 3.33. The van der Waals surface area contributed by atoms with Crippen molar-refractivity contribution in [3.8, 4) is 0 Å². The summed E-state index contributed by atoms with van der Waals surface area (Å²) in [5.74, 6) is 0. The van der Waals surface area contributed by atoms with E-state index in [1.54, 1.807) is 12.3 Å². The molecule has 2 nitrogen and oxygen atoms in total. The van der Waals surface area contributed by atoms with E-state index >= 15 is 0 Å². The van der Waals surface area contributed by atoms with Gasteiger partial charge in [0.25, 0.3) is 0 Å². The zero-order valence-corrected chi connectivity index (χ0v) is 6.39. The highest BCUT2D eigenvalue weighted by Gasteiger charge is 1.97. The quantitative estimate of drug-likeness (QED) is 0.671. The summed E-state index contributed by atoms with van der Waals surface area (Å²) in [4.78, 5) is 3.94. The minimum atomic E-state index is -0.0256. The van der Waals surface area contributed by atoms with Gasteiger partial charge in [0.15, 0.2) is 0 Å². The van der Waals surface area contributed by atoms with Crippen LogP contribution in [0.3, 0.4) is 0 Å². The van der Waals surface area contributed by atoms with E-state index in [-0.39, 0.29) is 6.61 Å². The molecule has 0 amide bonds. The van der Waals surface area contributed by atoms with E-state index in [0.29, 0.717) is 5.02 Å². The number of aromatic nitrogens is 1. The van der Waals surface area contributed by atoms with Crippen molar-refractivity contribution in [1.82, 2.24) is 4.98 Å². The van der Waals surface area contributed by atoms with Crippen LogP contribution in [0.25, 0.3) is 0 Å². The number of aliphatic hydroxyl groups is 1. The average Bonchev–Trinajstić information content (AvgIpc) is 1.94. The Morgan fingerprint density at radius 3 is 2.90 bits per heavy atom. The van der Waals surface area contributed by atoms with Crippen molar-refractivity contribution in [3.05, 3.63) is 28.5 Å². The van der Waals surface area contributed by atoms with Crippen LogP contribution in [0, 0.1) is 6.92 Å². The van der Waals surface area contributed by atoms with Gasteiger partial charge in [-0.25, -0.2) is 0 Å². The van der Waals surface area contributed by atoms with Crippen LogP contribution >= 0.6 is 11.6 Å². The van der Waals surface area contributed by atoms with Crippen molar-refractivity contribution in [3.63, 3.8) is 0 Å². The molecule has 1 aromatic rings. The first-order valence-electron chi connectivity index (χ1n) is 2.96. The van der Waals surface area contributed by atoms with E-state index in [4.69, 9.17) is 16.7 Å². The number of pyridine rings is 1. The highest BCUT2D eigenvalue weighted by atomic mass is 35.5. The van der Waals surface area contributed by atoms with Gasteiger partial charge in [0.2, 0.25) is 0 Å². The lowest BCUT2D eigenvalue weighted by Gasteiger charge is -1.98. The largest absolute Gasteiger partial charge is 0.392 e. The molecule has 0 radical (unpaired) electrons. The molecule has 0 bridgehead atoms. The summed E-state index contributed by atoms with van der Waals surface area (Å²) >= 11 is 5.67. The molecule has 3 heteroatoms. The molecule has 10 heavy (non-hydrogen) atoms. The number of rotatable bonds is 1. The highest BCUT2D eigenvalue weighted by molar-refractivity contribution is 6.31. The summed E-state index contributed by atoms with van der Waals surface area (Å²) in [6, 6.07) is 1.77. The molecule has 0 aliphatic carbocycles. The minimum Gasteiger partial charge on any atom is -0.392 e. The van der Waals surface area contributed by atoms with E-state index in [1.807, 2.05) is 6.92 Å². The van der Waals surface area contributed by atoms with Crippen LogP contribution in [0.15, 0.2) is 12.3 Å². The molecule has 0 aromatic carbocycles. The second kappa shape index (κ2) is 2.99. The van der Waals surface area contributed by atoms with E-state index in [0.717, 1.165) is 11.3 Å². The van der Waals surface area contributed by atoms with Crippen molar-refractivity contribution in [2.75, 3.05) is 0 Å². The number of hydrogen-bond donors (Lipinski definition) is 1. The third-order valence-corrected chi connectivity index (χ3v) is 1.58. The van der Waals surface area contributed by atoms with E-state index < -0.39 is 0 Å². The van der Waals surface area contributed by atoms with Crippen LogP contribution in [0.1, 0.15) is 11.3 Å². The second-order valence-corrected chi connectivity index (χ2v) is 2.48. The first kappa shape index (κ1) is 7.51. The van der Waals surface area contributed by atoms with Crippen LogP contribution in [0.4, 0.5) is 0 Å². The van der Waals surface area contributed by atoms with Gasteiger partial charge in [0, 0.05) is 11.9 Å². The van der Waals surface area contributed by atoms with Crippen LogP contribution in [-0.4, -0.2) is 10.1 Å². The van der Waals surface area contributed by atoms with Gasteiger partial charge in [-0.15, -0.1) is 0 Å². The van der Waals surface area contributed by atoms with Crippen molar-refractivity contribution < 1.29 is 5.11 Å². The molecule has 54 valence electrons. The third-order valence-electron chi connectivity index (χ3n) is 1.24. The van der Waals surface area contributed by atoms with Crippen LogP contribution in [-0.2, 0) is 6.61 Å². The smallest absolute Gasteiger partial charge is 0.0697 e. The summed E-state index contributed by atoms with van der Waals surface area (Å²) in [7, 11) is 0. The Balaban J connectivity index is 3.09. The Morgan fingerprint density at radius 2 is 2.40 bits per heavy atom. The average molecular weight is 158 g/mol. The molecule has 1 aromatic heterocycles. The van der Waals surface area contributed by atoms with Crippen molar-refractivity contribution >= 4 is 11.6 Å². The summed E-state index contributed by atoms with van der Waals surface area (Å²) in [6.07, 6.45) is 1.54. The maximum absolute atomic E-state index is 8.73. The number of aryl methyl sites for hydroxylation is 1. The minimum absolute atomic E-state index is 0.0256. The Bertz CT molecular complexity index is 237. The van der Waals surface area contributed by atoms with Gasteiger partial charge >= 0.3 is 0 Å². The van der Waals surface area contributed by atoms with Crippen molar-refractivity contribution in [2.45, 2.75) is 13.5 Å². The van der Waals surface area contributed by atoms with Crippen molar-refractivity contribution in [2.24, 2.45) is 0 Å². The number of halogens is 1. The Kier molecular flexibility index (Phi) is 2.25. The fraction of sp³-hybridized carbons (Fsp3) is 0.286. The Morgan fingerprint density at radius 1 is 1.70 bits per heavy atom. The van der Waals surface area contributed by atoms with Crippen molar-refractivity contribution in [1.29, 1.82) is 0 Å². The zero-order valence-electron chi connectivity index (χ0n) is 5.63. The van der Waals surface area contributed by atoms with Gasteiger partial charge in [-0.05, 0) is 18.6 Å². The third kappa shape index (κ3) is 1.46. The molecule has 0 aliphatic rings.